The third-order valence-corrected chi connectivity index (χ3v) is 4.37. The molecule has 124 valence electrons. The van der Waals surface area contributed by atoms with Crippen molar-refractivity contribution in [3.05, 3.63) is 55.6 Å². The van der Waals surface area contributed by atoms with Gasteiger partial charge in [0.2, 0.25) is 0 Å². The first-order valence-corrected chi connectivity index (χ1v) is 7.83. The molecule has 0 radical (unpaired) electrons. The van der Waals surface area contributed by atoms with E-state index in [-0.39, 0.29) is 27.3 Å². The number of aryl methyl sites for hydroxylation is 1. The van der Waals surface area contributed by atoms with Gasteiger partial charge in [-0.15, -0.1) is 0 Å². The van der Waals surface area contributed by atoms with Gasteiger partial charge in [-0.25, -0.2) is 14.0 Å². The molecule has 2 aromatic carbocycles. The van der Waals surface area contributed by atoms with E-state index in [2.05, 4.69) is 26.2 Å². The van der Waals surface area contributed by atoms with Crippen LogP contribution >= 0.6 is 27.5 Å². The lowest BCUT2D eigenvalue weighted by Gasteiger charge is -2.13. The molecule has 0 aliphatic heterocycles. The van der Waals surface area contributed by atoms with E-state index >= 15 is 0 Å². The molecular formula is C15H10BrClFN3O3. The van der Waals surface area contributed by atoms with Crippen molar-refractivity contribution in [3.8, 4) is 0 Å². The third kappa shape index (κ3) is 2.67. The number of aromatic carboxylic acids is 1. The fourth-order valence-electron chi connectivity index (χ4n) is 2.34. The summed E-state index contributed by atoms with van der Waals surface area (Å²) < 4.78 is 16.7. The molecule has 9 heteroatoms. The number of fused-ring (bicyclic) bond motifs is 1. The third-order valence-electron chi connectivity index (χ3n) is 3.56. The molecule has 24 heavy (non-hydrogen) atoms. The standard InChI is InChI=1S/C15H10BrClFN3O3/c1-21-10-5-7(14(22)23)12(11(18)13(10)20-15(21)24)19-9-3-2-6(16)4-8(9)17/h2-5,19H,1H3,(H,20,24)(H,22,23). The lowest BCUT2D eigenvalue weighted by atomic mass is 10.1. The van der Waals surface area contributed by atoms with Crippen LogP contribution in [-0.2, 0) is 7.05 Å². The Labute approximate surface area is 148 Å². The Morgan fingerprint density at radius 3 is 2.75 bits per heavy atom. The number of halogens is 3. The number of carboxylic acid groups (broad SMARTS) is 1. The maximum absolute atomic E-state index is 14.8. The molecule has 6 nitrogen and oxygen atoms in total. The molecule has 0 spiro atoms. The molecule has 3 rings (SSSR count). The van der Waals surface area contributed by atoms with Crippen molar-refractivity contribution in [2.45, 2.75) is 0 Å². The van der Waals surface area contributed by atoms with E-state index in [1.165, 1.54) is 13.1 Å². The maximum Gasteiger partial charge on any atom is 0.338 e. The summed E-state index contributed by atoms with van der Waals surface area (Å²) in [4.78, 5) is 25.6. The number of benzene rings is 2. The lowest BCUT2D eigenvalue weighted by molar-refractivity contribution is 0.0697. The van der Waals surface area contributed by atoms with Gasteiger partial charge in [0.15, 0.2) is 5.82 Å². The number of H-pyrrole nitrogens is 1. The molecule has 0 unspecified atom stereocenters. The minimum Gasteiger partial charge on any atom is -0.478 e. The number of hydrogen-bond acceptors (Lipinski definition) is 3. The van der Waals surface area contributed by atoms with Gasteiger partial charge >= 0.3 is 11.7 Å². The Hall–Kier alpha value is -2.32. The number of anilines is 2. The van der Waals surface area contributed by atoms with E-state index in [1.807, 2.05) is 0 Å². The van der Waals surface area contributed by atoms with E-state index in [1.54, 1.807) is 18.2 Å². The van der Waals surface area contributed by atoms with Gasteiger partial charge in [-0.3, -0.25) is 4.57 Å². The number of carboxylic acids is 1. The molecule has 1 heterocycles. The van der Waals surface area contributed by atoms with Crippen LogP contribution in [0.2, 0.25) is 5.02 Å². The summed E-state index contributed by atoms with van der Waals surface area (Å²) in [7, 11) is 1.42. The van der Waals surface area contributed by atoms with Crippen LogP contribution in [0, 0.1) is 5.82 Å². The van der Waals surface area contributed by atoms with Crippen molar-refractivity contribution >= 4 is 55.9 Å². The number of hydrogen-bond donors (Lipinski definition) is 3. The summed E-state index contributed by atoms with van der Waals surface area (Å²) in [6.07, 6.45) is 0. The molecule has 0 aliphatic carbocycles. The number of rotatable bonds is 3. The molecule has 0 aliphatic rings. The van der Waals surface area contributed by atoms with Crippen LogP contribution < -0.4 is 11.0 Å². The molecule has 3 N–H and O–H groups in total. The van der Waals surface area contributed by atoms with Gasteiger partial charge in [0.05, 0.1) is 27.5 Å². The number of aromatic nitrogens is 2. The van der Waals surface area contributed by atoms with E-state index < -0.39 is 17.5 Å². The summed E-state index contributed by atoms with van der Waals surface area (Å²) >= 11 is 9.34. The maximum atomic E-state index is 14.8. The first kappa shape index (κ1) is 16.5. The highest BCUT2D eigenvalue weighted by Crippen LogP contribution is 2.33. The number of nitrogens with one attached hydrogen (secondary N) is 2. The molecule has 0 fully saturated rings. The van der Waals surface area contributed by atoms with Crippen LogP contribution in [-0.4, -0.2) is 20.6 Å². The van der Waals surface area contributed by atoms with Crippen molar-refractivity contribution in [1.29, 1.82) is 0 Å². The Bertz CT molecular complexity index is 1040. The SMILES string of the molecule is Cn1c(=O)[nH]c2c(F)c(Nc3ccc(Br)cc3Cl)c(C(=O)O)cc21. The van der Waals surface area contributed by atoms with Crippen molar-refractivity contribution in [2.24, 2.45) is 7.05 Å². The fourth-order valence-corrected chi connectivity index (χ4v) is 3.06. The summed E-state index contributed by atoms with van der Waals surface area (Å²) in [5.41, 5.74) is -0.724. The summed E-state index contributed by atoms with van der Waals surface area (Å²) in [6, 6.07) is 6.07. The molecule has 0 amide bonds. The number of nitrogens with zero attached hydrogens (tertiary/aromatic N) is 1. The summed E-state index contributed by atoms with van der Waals surface area (Å²) in [6.45, 7) is 0. The molecule has 0 saturated carbocycles. The molecule has 0 bridgehead atoms. The predicted molar refractivity (Wildman–Crippen MR) is 92.9 cm³/mol. The highest BCUT2D eigenvalue weighted by Gasteiger charge is 2.22. The Morgan fingerprint density at radius 1 is 1.42 bits per heavy atom. The zero-order valence-electron chi connectivity index (χ0n) is 12.2. The van der Waals surface area contributed by atoms with E-state index in [9.17, 15) is 19.1 Å². The molecule has 0 saturated heterocycles. The first-order valence-electron chi connectivity index (χ1n) is 6.66. The topological polar surface area (TPSA) is 87.1 Å². The van der Waals surface area contributed by atoms with Crippen molar-refractivity contribution in [1.82, 2.24) is 9.55 Å². The Kier molecular flexibility index (Phi) is 4.10. The minimum atomic E-state index is -1.33. The van der Waals surface area contributed by atoms with Gasteiger partial charge in [0, 0.05) is 11.5 Å². The van der Waals surface area contributed by atoms with Gasteiger partial charge in [-0.05, 0) is 24.3 Å². The summed E-state index contributed by atoms with van der Waals surface area (Å²) in [5.74, 6) is -2.21. The monoisotopic (exact) mass is 413 g/mol. The molecule has 3 aromatic rings. The van der Waals surface area contributed by atoms with Gasteiger partial charge in [-0.2, -0.15) is 0 Å². The zero-order chi connectivity index (χ0) is 17.6. The van der Waals surface area contributed by atoms with Gasteiger partial charge in [-0.1, -0.05) is 27.5 Å². The van der Waals surface area contributed by atoms with E-state index in [4.69, 9.17) is 11.6 Å². The Morgan fingerprint density at radius 2 is 2.12 bits per heavy atom. The van der Waals surface area contributed by atoms with Crippen molar-refractivity contribution < 1.29 is 14.3 Å². The van der Waals surface area contributed by atoms with Gasteiger partial charge in [0.25, 0.3) is 0 Å². The normalized spacial score (nSPS) is 11.0. The predicted octanol–water partition coefficient (Wildman–Crippen LogP) is 3.86. The van der Waals surface area contributed by atoms with Gasteiger partial charge < -0.3 is 15.4 Å². The number of aromatic amines is 1. The highest BCUT2D eigenvalue weighted by molar-refractivity contribution is 9.10. The molecular weight excluding hydrogens is 405 g/mol. The molecule has 1 aromatic heterocycles. The minimum absolute atomic E-state index is 0.0803. The quantitative estimate of drug-likeness (QED) is 0.607. The average molecular weight is 415 g/mol. The second-order valence-electron chi connectivity index (χ2n) is 5.05. The van der Waals surface area contributed by atoms with E-state index in [0.717, 1.165) is 9.04 Å². The number of imidazole rings is 1. The smallest absolute Gasteiger partial charge is 0.338 e. The second kappa shape index (κ2) is 5.95. The van der Waals surface area contributed by atoms with Crippen LogP contribution in [0.5, 0.6) is 0 Å². The van der Waals surface area contributed by atoms with Crippen molar-refractivity contribution in [3.63, 3.8) is 0 Å². The highest BCUT2D eigenvalue weighted by atomic mass is 79.9. The largest absolute Gasteiger partial charge is 0.478 e. The number of carbonyl (C=O) groups is 1. The zero-order valence-corrected chi connectivity index (χ0v) is 14.5. The van der Waals surface area contributed by atoms with Crippen LogP contribution in [0.25, 0.3) is 11.0 Å². The van der Waals surface area contributed by atoms with Gasteiger partial charge in [0.1, 0.15) is 5.52 Å². The van der Waals surface area contributed by atoms with Crippen LogP contribution in [0.1, 0.15) is 10.4 Å². The molecule has 0 atom stereocenters. The average Bonchev–Trinajstić information content (AvgIpc) is 2.80. The van der Waals surface area contributed by atoms with Crippen LogP contribution in [0.3, 0.4) is 0 Å². The second-order valence-corrected chi connectivity index (χ2v) is 6.37. The van der Waals surface area contributed by atoms with Crippen LogP contribution in [0.15, 0.2) is 33.5 Å². The van der Waals surface area contributed by atoms with Crippen LogP contribution in [0.4, 0.5) is 15.8 Å². The Balaban J connectivity index is 2.26. The lowest BCUT2D eigenvalue weighted by Crippen LogP contribution is -2.12. The van der Waals surface area contributed by atoms with E-state index in [0.29, 0.717) is 5.69 Å². The first-order chi connectivity index (χ1) is 11.3. The fraction of sp³-hybridized carbons (Fsp3) is 0.0667. The van der Waals surface area contributed by atoms with Crippen molar-refractivity contribution in [2.75, 3.05) is 5.32 Å². The summed E-state index contributed by atoms with van der Waals surface area (Å²) in [5, 5.41) is 12.4.